The maximum absolute atomic E-state index is 13.5. The molecule has 0 heterocycles. The first-order valence-corrected chi connectivity index (χ1v) is 7.23. The summed E-state index contributed by atoms with van der Waals surface area (Å²) in [6, 6.07) is 10.5. The summed E-state index contributed by atoms with van der Waals surface area (Å²) in [6.07, 6.45) is 0. The number of hydrogen-bond acceptors (Lipinski definition) is 2. The van der Waals surface area contributed by atoms with Crippen molar-refractivity contribution in [1.29, 1.82) is 0 Å². The zero-order valence-corrected chi connectivity index (χ0v) is 13.0. The number of nitrogens with one attached hydrogen (secondary N) is 1. The highest BCUT2D eigenvalue weighted by atomic mass is 79.9. The van der Waals surface area contributed by atoms with Gasteiger partial charge in [-0.2, -0.15) is 0 Å². The zero-order chi connectivity index (χ0) is 14.7. The Morgan fingerprint density at radius 3 is 2.70 bits per heavy atom. The summed E-state index contributed by atoms with van der Waals surface area (Å²) < 4.78 is 14.5. The molecule has 0 bridgehead atoms. The van der Waals surface area contributed by atoms with Crippen molar-refractivity contribution in [2.75, 3.05) is 0 Å². The van der Waals surface area contributed by atoms with E-state index in [0.29, 0.717) is 12.1 Å². The van der Waals surface area contributed by atoms with E-state index in [1.54, 1.807) is 31.2 Å². The fraction of sp³-hybridized carbons (Fsp3) is 0.250. The summed E-state index contributed by atoms with van der Waals surface area (Å²) in [5.74, 6) is 0.0597. The first-order valence-electron chi connectivity index (χ1n) is 6.44. The molecule has 4 heteroatoms. The molecule has 0 amide bonds. The highest BCUT2D eigenvalue weighted by Gasteiger charge is 2.09. The molecule has 2 aromatic carbocycles. The van der Waals surface area contributed by atoms with Crippen LogP contribution in [0.15, 0.2) is 40.9 Å². The van der Waals surface area contributed by atoms with Crippen molar-refractivity contribution in [2.24, 2.45) is 0 Å². The summed E-state index contributed by atoms with van der Waals surface area (Å²) in [6.45, 7) is 4.23. The molecule has 106 valence electrons. The lowest BCUT2D eigenvalue weighted by molar-refractivity contribution is 0.460. The van der Waals surface area contributed by atoms with Crippen LogP contribution in [0.4, 0.5) is 4.39 Å². The highest BCUT2D eigenvalue weighted by molar-refractivity contribution is 9.10. The number of rotatable bonds is 4. The van der Waals surface area contributed by atoms with Gasteiger partial charge in [0.2, 0.25) is 0 Å². The quantitative estimate of drug-likeness (QED) is 0.863. The SMILES string of the molecule is Cc1ccc(C(C)NCc2cc(Br)ccc2O)cc1F. The minimum atomic E-state index is -0.193. The average Bonchev–Trinajstić information content (AvgIpc) is 2.42. The molecule has 2 nitrogen and oxygen atoms in total. The van der Waals surface area contributed by atoms with Crippen LogP contribution in [0, 0.1) is 12.7 Å². The number of phenolic OH excluding ortho intramolecular Hbond substituents is 1. The fourth-order valence-electron chi connectivity index (χ4n) is 1.96. The number of aryl methyl sites for hydroxylation is 1. The minimum absolute atomic E-state index is 0.00322. The number of benzene rings is 2. The smallest absolute Gasteiger partial charge is 0.126 e. The van der Waals surface area contributed by atoms with Gasteiger partial charge in [-0.25, -0.2) is 4.39 Å². The van der Waals surface area contributed by atoms with Gasteiger partial charge in [-0.1, -0.05) is 28.1 Å². The van der Waals surface area contributed by atoms with Gasteiger partial charge in [0.25, 0.3) is 0 Å². The molecule has 0 fully saturated rings. The van der Waals surface area contributed by atoms with Crippen molar-refractivity contribution in [3.63, 3.8) is 0 Å². The van der Waals surface area contributed by atoms with E-state index in [4.69, 9.17) is 0 Å². The Balaban J connectivity index is 2.06. The van der Waals surface area contributed by atoms with Gasteiger partial charge in [-0.3, -0.25) is 0 Å². The van der Waals surface area contributed by atoms with Crippen LogP contribution in [0.25, 0.3) is 0 Å². The van der Waals surface area contributed by atoms with Crippen molar-refractivity contribution in [3.8, 4) is 5.75 Å². The summed E-state index contributed by atoms with van der Waals surface area (Å²) in [4.78, 5) is 0. The molecule has 1 unspecified atom stereocenters. The van der Waals surface area contributed by atoms with Crippen LogP contribution in [0.2, 0.25) is 0 Å². The van der Waals surface area contributed by atoms with Gasteiger partial charge in [-0.15, -0.1) is 0 Å². The van der Waals surface area contributed by atoms with Crippen LogP contribution in [-0.4, -0.2) is 5.11 Å². The Hall–Kier alpha value is -1.39. The molecule has 20 heavy (non-hydrogen) atoms. The molecule has 0 aliphatic rings. The van der Waals surface area contributed by atoms with Gasteiger partial charge in [0.15, 0.2) is 0 Å². The lowest BCUT2D eigenvalue weighted by Gasteiger charge is -2.15. The van der Waals surface area contributed by atoms with E-state index in [9.17, 15) is 9.50 Å². The number of hydrogen-bond donors (Lipinski definition) is 2. The summed E-state index contributed by atoms with van der Waals surface area (Å²) in [5, 5.41) is 13.1. The molecule has 0 aliphatic carbocycles. The monoisotopic (exact) mass is 337 g/mol. The second-order valence-electron chi connectivity index (χ2n) is 4.88. The van der Waals surface area contributed by atoms with E-state index in [0.717, 1.165) is 15.6 Å². The predicted octanol–water partition coefficient (Wildman–Crippen LogP) is 4.45. The normalized spacial score (nSPS) is 12.4. The minimum Gasteiger partial charge on any atom is -0.508 e. The average molecular weight is 338 g/mol. The fourth-order valence-corrected chi connectivity index (χ4v) is 2.36. The zero-order valence-electron chi connectivity index (χ0n) is 11.5. The van der Waals surface area contributed by atoms with Crippen LogP contribution in [0.5, 0.6) is 5.75 Å². The van der Waals surface area contributed by atoms with Crippen molar-refractivity contribution < 1.29 is 9.50 Å². The lowest BCUT2D eigenvalue weighted by Crippen LogP contribution is -2.18. The molecular formula is C16H17BrFNO. The molecule has 0 saturated heterocycles. The first-order chi connectivity index (χ1) is 9.47. The topological polar surface area (TPSA) is 32.3 Å². The molecule has 1 atom stereocenters. The van der Waals surface area contributed by atoms with E-state index in [-0.39, 0.29) is 17.6 Å². The second-order valence-corrected chi connectivity index (χ2v) is 5.80. The number of halogens is 2. The van der Waals surface area contributed by atoms with Gasteiger partial charge in [-0.05, 0) is 49.2 Å². The van der Waals surface area contributed by atoms with Crippen molar-refractivity contribution in [2.45, 2.75) is 26.4 Å². The van der Waals surface area contributed by atoms with Crippen LogP contribution in [0.1, 0.15) is 29.7 Å². The molecule has 0 radical (unpaired) electrons. The maximum Gasteiger partial charge on any atom is 0.126 e. The van der Waals surface area contributed by atoms with E-state index in [1.165, 1.54) is 0 Å². The molecular weight excluding hydrogens is 321 g/mol. The maximum atomic E-state index is 13.5. The highest BCUT2D eigenvalue weighted by Crippen LogP contribution is 2.23. The van der Waals surface area contributed by atoms with E-state index in [2.05, 4.69) is 21.2 Å². The molecule has 2 rings (SSSR count). The summed E-state index contributed by atoms with van der Waals surface area (Å²) in [7, 11) is 0. The molecule has 2 aromatic rings. The lowest BCUT2D eigenvalue weighted by atomic mass is 10.1. The van der Waals surface area contributed by atoms with Crippen LogP contribution in [0.3, 0.4) is 0 Å². The van der Waals surface area contributed by atoms with Gasteiger partial charge < -0.3 is 10.4 Å². The van der Waals surface area contributed by atoms with Gasteiger partial charge in [0.1, 0.15) is 11.6 Å². The van der Waals surface area contributed by atoms with Gasteiger partial charge in [0, 0.05) is 22.6 Å². The number of phenols is 1. The van der Waals surface area contributed by atoms with E-state index >= 15 is 0 Å². The van der Waals surface area contributed by atoms with Crippen molar-refractivity contribution >= 4 is 15.9 Å². The van der Waals surface area contributed by atoms with Gasteiger partial charge >= 0.3 is 0 Å². The molecule has 0 saturated carbocycles. The third-order valence-corrected chi connectivity index (χ3v) is 3.83. The van der Waals surface area contributed by atoms with Gasteiger partial charge in [0.05, 0.1) is 0 Å². The predicted molar refractivity (Wildman–Crippen MR) is 82.2 cm³/mol. The van der Waals surface area contributed by atoms with Crippen LogP contribution in [-0.2, 0) is 6.54 Å². The largest absolute Gasteiger partial charge is 0.508 e. The van der Waals surface area contributed by atoms with Crippen molar-refractivity contribution in [3.05, 3.63) is 63.4 Å². The Morgan fingerprint density at radius 1 is 1.25 bits per heavy atom. The number of aromatic hydroxyl groups is 1. The molecule has 0 aromatic heterocycles. The molecule has 2 N–H and O–H groups in total. The Bertz CT molecular complexity index is 615. The van der Waals surface area contributed by atoms with E-state index in [1.807, 2.05) is 19.1 Å². The van der Waals surface area contributed by atoms with Crippen LogP contribution >= 0.6 is 15.9 Å². The van der Waals surface area contributed by atoms with Crippen molar-refractivity contribution in [1.82, 2.24) is 5.32 Å². The summed E-state index contributed by atoms with van der Waals surface area (Å²) in [5.41, 5.74) is 2.34. The third kappa shape index (κ3) is 3.58. The standard InChI is InChI=1S/C16H17BrFNO/c1-10-3-4-12(8-15(10)18)11(2)19-9-13-7-14(17)5-6-16(13)20/h3-8,11,19-20H,9H2,1-2H3. The Morgan fingerprint density at radius 2 is 2.00 bits per heavy atom. The Labute approximate surface area is 126 Å². The first kappa shape index (κ1) is 15.0. The third-order valence-electron chi connectivity index (χ3n) is 3.34. The summed E-state index contributed by atoms with van der Waals surface area (Å²) >= 11 is 3.38. The van der Waals surface area contributed by atoms with Crippen LogP contribution < -0.4 is 5.32 Å². The Kier molecular flexibility index (Phi) is 4.78. The van der Waals surface area contributed by atoms with E-state index < -0.39 is 0 Å². The second kappa shape index (κ2) is 6.37. The molecule has 0 aliphatic heterocycles. The molecule has 0 spiro atoms.